The normalized spacial score (nSPS) is 11.6. The number of Topliss-reactive ketones (excluding diaryl/α,β-unsaturated/α-hetero) is 1. The van der Waals surface area contributed by atoms with Crippen LogP contribution in [-0.2, 0) is 16.6 Å². The van der Waals surface area contributed by atoms with Gasteiger partial charge in [-0.1, -0.05) is 12.1 Å². The van der Waals surface area contributed by atoms with E-state index in [1.54, 1.807) is 0 Å². The molecule has 22 heavy (non-hydrogen) atoms. The molecule has 1 N–H and O–H groups in total. The van der Waals surface area contributed by atoms with Crippen molar-refractivity contribution in [2.45, 2.75) is 18.4 Å². The van der Waals surface area contributed by atoms with Crippen molar-refractivity contribution in [3.63, 3.8) is 0 Å². The fourth-order valence-corrected chi connectivity index (χ4v) is 3.75. The van der Waals surface area contributed by atoms with Crippen molar-refractivity contribution in [2.24, 2.45) is 0 Å². The Morgan fingerprint density at radius 2 is 1.91 bits per heavy atom. The molecule has 0 aliphatic heterocycles. The highest BCUT2D eigenvalue weighted by Gasteiger charge is 2.16. The van der Waals surface area contributed by atoms with E-state index < -0.39 is 10.0 Å². The first-order chi connectivity index (χ1) is 10.3. The molecule has 2 aromatic rings. The lowest BCUT2D eigenvalue weighted by atomic mass is 10.2. The fraction of sp³-hybridized carbons (Fsp3) is 0.286. The van der Waals surface area contributed by atoms with E-state index in [9.17, 15) is 13.2 Å². The van der Waals surface area contributed by atoms with E-state index in [4.69, 9.17) is 0 Å². The monoisotopic (exact) mass is 339 g/mol. The third-order valence-electron chi connectivity index (χ3n) is 2.82. The summed E-state index contributed by atoms with van der Waals surface area (Å²) in [4.78, 5) is 17.5. The molecule has 0 unspecified atom stereocenters. The van der Waals surface area contributed by atoms with Crippen molar-refractivity contribution in [2.75, 3.05) is 18.8 Å². The number of nitrogens with zero attached hydrogens (tertiary/aromatic N) is 2. The van der Waals surface area contributed by atoms with Gasteiger partial charge in [-0.3, -0.25) is 9.52 Å². The Bertz CT molecular complexity index is 765. The van der Waals surface area contributed by atoms with E-state index >= 15 is 0 Å². The van der Waals surface area contributed by atoms with Crippen LogP contribution in [-0.4, -0.2) is 38.2 Å². The molecule has 1 aromatic carbocycles. The molecule has 0 aliphatic carbocycles. The third-order valence-corrected chi connectivity index (χ3v) is 5.11. The van der Waals surface area contributed by atoms with Crippen LogP contribution in [0.1, 0.15) is 23.0 Å². The van der Waals surface area contributed by atoms with Crippen molar-refractivity contribution >= 4 is 32.3 Å². The molecule has 1 aromatic heterocycles. The molecule has 0 spiro atoms. The molecule has 6 nitrogen and oxygen atoms in total. The van der Waals surface area contributed by atoms with E-state index in [2.05, 4.69) is 9.71 Å². The van der Waals surface area contributed by atoms with Gasteiger partial charge in [0, 0.05) is 17.5 Å². The Labute approximate surface area is 133 Å². The summed E-state index contributed by atoms with van der Waals surface area (Å²) >= 11 is 1.24. The molecule has 118 valence electrons. The zero-order valence-electron chi connectivity index (χ0n) is 12.5. The summed E-state index contributed by atoms with van der Waals surface area (Å²) in [5, 5.41) is 2.14. The molecule has 0 amide bonds. The van der Waals surface area contributed by atoms with Crippen LogP contribution in [0.15, 0.2) is 34.5 Å². The summed E-state index contributed by atoms with van der Waals surface area (Å²) in [6.45, 7) is 2.08. The minimum absolute atomic E-state index is 0.0989. The standard InChI is InChI=1S/C14H17N3O3S2/c1-10(18)11-4-6-13(7-5-11)22(19,20)16-14-15-12(9-21-14)8-17(2)3/h4-7,9H,8H2,1-3H3,(H,15,16). The second kappa shape index (κ2) is 6.55. The largest absolute Gasteiger partial charge is 0.304 e. The van der Waals surface area contributed by atoms with E-state index in [-0.39, 0.29) is 10.7 Å². The summed E-state index contributed by atoms with van der Waals surface area (Å²) < 4.78 is 27.0. The van der Waals surface area contributed by atoms with Crippen LogP contribution in [0.3, 0.4) is 0 Å². The van der Waals surface area contributed by atoms with Crippen molar-refractivity contribution in [1.29, 1.82) is 0 Å². The van der Waals surface area contributed by atoms with Crippen LogP contribution in [0.4, 0.5) is 5.13 Å². The van der Waals surface area contributed by atoms with Gasteiger partial charge in [0.25, 0.3) is 10.0 Å². The lowest BCUT2D eigenvalue weighted by Crippen LogP contribution is -2.14. The predicted octanol–water partition coefficient (Wildman–Crippen LogP) is 2.21. The molecular formula is C14H17N3O3S2. The SMILES string of the molecule is CC(=O)c1ccc(S(=O)(=O)Nc2nc(CN(C)C)cs2)cc1. The van der Waals surface area contributed by atoms with Gasteiger partial charge in [-0.05, 0) is 33.2 Å². The predicted molar refractivity (Wildman–Crippen MR) is 86.8 cm³/mol. The van der Waals surface area contributed by atoms with Crippen LogP contribution in [0.25, 0.3) is 0 Å². The van der Waals surface area contributed by atoms with Crippen LogP contribution in [0.5, 0.6) is 0 Å². The average molecular weight is 339 g/mol. The Morgan fingerprint density at radius 1 is 1.27 bits per heavy atom. The highest BCUT2D eigenvalue weighted by atomic mass is 32.2. The number of aromatic nitrogens is 1. The summed E-state index contributed by atoms with van der Waals surface area (Å²) in [5.41, 5.74) is 1.28. The molecule has 2 rings (SSSR count). The average Bonchev–Trinajstić information content (AvgIpc) is 2.84. The number of hydrogen-bond donors (Lipinski definition) is 1. The van der Waals surface area contributed by atoms with Gasteiger partial charge in [0.2, 0.25) is 0 Å². The number of carbonyl (C=O) groups excluding carboxylic acids is 1. The number of benzene rings is 1. The van der Waals surface area contributed by atoms with E-state index in [0.717, 1.165) is 5.69 Å². The van der Waals surface area contributed by atoms with Gasteiger partial charge in [-0.2, -0.15) is 0 Å². The van der Waals surface area contributed by atoms with Crippen LogP contribution in [0.2, 0.25) is 0 Å². The number of nitrogens with one attached hydrogen (secondary N) is 1. The maximum absolute atomic E-state index is 12.3. The van der Waals surface area contributed by atoms with Crippen LogP contribution >= 0.6 is 11.3 Å². The molecule has 1 heterocycles. The van der Waals surface area contributed by atoms with Gasteiger partial charge in [0.15, 0.2) is 10.9 Å². The summed E-state index contributed by atoms with van der Waals surface area (Å²) in [5.74, 6) is -0.106. The summed E-state index contributed by atoms with van der Waals surface area (Å²) in [7, 11) is 0.135. The van der Waals surface area contributed by atoms with Crippen molar-refractivity contribution in [3.8, 4) is 0 Å². The van der Waals surface area contributed by atoms with Crippen molar-refractivity contribution in [1.82, 2.24) is 9.88 Å². The summed E-state index contributed by atoms with van der Waals surface area (Å²) in [6, 6.07) is 5.81. The van der Waals surface area contributed by atoms with Crippen molar-refractivity contribution < 1.29 is 13.2 Å². The highest BCUT2D eigenvalue weighted by molar-refractivity contribution is 7.93. The second-order valence-electron chi connectivity index (χ2n) is 5.07. The highest BCUT2D eigenvalue weighted by Crippen LogP contribution is 2.21. The third kappa shape index (κ3) is 4.12. The number of sulfonamides is 1. The Kier molecular flexibility index (Phi) is 4.94. The second-order valence-corrected chi connectivity index (χ2v) is 7.61. The quantitative estimate of drug-likeness (QED) is 0.816. The van der Waals surface area contributed by atoms with Crippen LogP contribution < -0.4 is 4.72 Å². The topological polar surface area (TPSA) is 79.4 Å². The molecule has 0 saturated carbocycles. The molecule has 0 aliphatic rings. The fourth-order valence-electron chi connectivity index (χ4n) is 1.79. The van der Waals surface area contributed by atoms with Crippen molar-refractivity contribution in [3.05, 3.63) is 40.9 Å². The number of rotatable bonds is 6. The van der Waals surface area contributed by atoms with E-state index in [0.29, 0.717) is 17.2 Å². The Hall–Kier alpha value is -1.77. The first kappa shape index (κ1) is 16.6. The Balaban J connectivity index is 2.16. The summed E-state index contributed by atoms with van der Waals surface area (Å²) in [6.07, 6.45) is 0. The van der Waals surface area contributed by atoms with Gasteiger partial charge < -0.3 is 4.90 Å². The van der Waals surface area contributed by atoms with Gasteiger partial charge in [-0.25, -0.2) is 13.4 Å². The minimum Gasteiger partial charge on any atom is -0.304 e. The zero-order chi connectivity index (χ0) is 16.3. The maximum atomic E-state index is 12.3. The lowest BCUT2D eigenvalue weighted by Gasteiger charge is -2.07. The molecule has 0 saturated heterocycles. The number of anilines is 1. The lowest BCUT2D eigenvalue weighted by molar-refractivity contribution is 0.101. The number of carbonyl (C=O) groups is 1. The first-order valence-corrected chi connectivity index (χ1v) is 8.87. The maximum Gasteiger partial charge on any atom is 0.263 e. The zero-order valence-corrected chi connectivity index (χ0v) is 14.2. The molecule has 0 atom stereocenters. The number of hydrogen-bond acceptors (Lipinski definition) is 6. The smallest absolute Gasteiger partial charge is 0.263 e. The number of ketones is 1. The molecule has 8 heteroatoms. The number of thiazole rings is 1. The van der Waals surface area contributed by atoms with E-state index in [1.807, 2.05) is 24.4 Å². The van der Waals surface area contributed by atoms with E-state index in [1.165, 1.54) is 42.5 Å². The van der Waals surface area contributed by atoms with Gasteiger partial charge in [-0.15, -0.1) is 11.3 Å². The molecule has 0 bridgehead atoms. The Morgan fingerprint density at radius 3 is 2.45 bits per heavy atom. The van der Waals surface area contributed by atoms with Gasteiger partial charge in [0.1, 0.15) is 0 Å². The molecule has 0 fully saturated rings. The molecule has 0 radical (unpaired) electrons. The first-order valence-electron chi connectivity index (χ1n) is 6.51. The van der Waals surface area contributed by atoms with Crippen LogP contribution in [0, 0.1) is 0 Å². The molecular weight excluding hydrogens is 322 g/mol. The van der Waals surface area contributed by atoms with Gasteiger partial charge >= 0.3 is 0 Å². The minimum atomic E-state index is -3.70. The van der Waals surface area contributed by atoms with Gasteiger partial charge in [0.05, 0.1) is 10.6 Å².